The highest BCUT2D eigenvalue weighted by atomic mass is 16.5. The Morgan fingerprint density at radius 2 is 1.83 bits per heavy atom. The molecule has 1 aromatic rings. The first-order valence-corrected chi connectivity index (χ1v) is 8.96. The first-order valence-electron chi connectivity index (χ1n) is 8.96. The zero-order valence-electron chi connectivity index (χ0n) is 14.5. The number of piperidine rings is 1. The summed E-state index contributed by atoms with van der Waals surface area (Å²) in [6, 6.07) is 7.28. The lowest BCUT2D eigenvalue weighted by Gasteiger charge is -2.38. The lowest BCUT2D eigenvalue weighted by atomic mass is 9.89. The summed E-state index contributed by atoms with van der Waals surface area (Å²) in [5.74, 6) is 1.46. The van der Waals surface area contributed by atoms with Crippen molar-refractivity contribution in [3.8, 4) is 5.75 Å². The fraction of sp³-hybridized carbons (Fsp3) is 0.632. The molecule has 0 spiro atoms. The van der Waals surface area contributed by atoms with Crippen LogP contribution in [-0.4, -0.2) is 67.3 Å². The van der Waals surface area contributed by atoms with Crippen molar-refractivity contribution in [1.82, 2.24) is 9.80 Å². The average Bonchev–Trinajstić information content (AvgIpc) is 3.13. The molecule has 3 rings (SSSR count). The van der Waals surface area contributed by atoms with Crippen molar-refractivity contribution in [1.29, 1.82) is 0 Å². The highest BCUT2D eigenvalue weighted by Gasteiger charge is 2.31. The van der Waals surface area contributed by atoms with Crippen molar-refractivity contribution in [2.75, 3.05) is 46.4 Å². The van der Waals surface area contributed by atoms with Gasteiger partial charge in [0.2, 0.25) is 0 Å². The second-order valence-corrected chi connectivity index (χ2v) is 7.10. The van der Waals surface area contributed by atoms with Gasteiger partial charge in [-0.15, -0.1) is 0 Å². The number of nitrogens with zero attached hydrogens (tertiary/aromatic N) is 2. The molecule has 2 aliphatic heterocycles. The van der Waals surface area contributed by atoms with Crippen LogP contribution >= 0.6 is 0 Å². The number of hydrogen-bond donors (Lipinski definition) is 1. The van der Waals surface area contributed by atoms with E-state index in [1.165, 1.54) is 25.9 Å². The molecule has 1 N–H and O–H groups in total. The molecule has 0 aromatic heterocycles. The van der Waals surface area contributed by atoms with Crippen molar-refractivity contribution in [2.24, 2.45) is 11.8 Å². The van der Waals surface area contributed by atoms with E-state index in [1.54, 1.807) is 7.11 Å². The van der Waals surface area contributed by atoms with Crippen molar-refractivity contribution in [3.63, 3.8) is 0 Å². The number of rotatable bonds is 5. The summed E-state index contributed by atoms with van der Waals surface area (Å²) in [5.41, 5.74) is 0.689. The Balaban J connectivity index is 1.66. The first kappa shape index (κ1) is 17.2. The molecule has 0 aliphatic carbocycles. The predicted molar refractivity (Wildman–Crippen MR) is 93.3 cm³/mol. The minimum atomic E-state index is 0.0576. The van der Waals surface area contributed by atoms with Crippen LogP contribution in [0.1, 0.15) is 29.6 Å². The fourth-order valence-corrected chi connectivity index (χ4v) is 4.00. The third-order valence-electron chi connectivity index (χ3n) is 5.22. The van der Waals surface area contributed by atoms with E-state index in [0.29, 0.717) is 18.0 Å². The van der Waals surface area contributed by atoms with Crippen LogP contribution < -0.4 is 4.74 Å². The molecule has 2 fully saturated rings. The number of hydrogen-bond acceptors (Lipinski definition) is 4. The summed E-state index contributed by atoms with van der Waals surface area (Å²) < 4.78 is 5.16. The number of carbonyl (C=O) groups excluding carboxylic acids is 1. The van der Waals surface area contributed by atoms with Crippen molar-refractivity contribution in [3.05, 3.63) is 29.8 Å². The molecule has 0 saturated carbocycles. The van der Waals surface area contributed by atoms with Crippen molar-refractivity contribution >= 4 is 5.91 Å². The number of aliphatic hydroxyl groups excluding tert-OH is 1. The summed E-state index contributed by atoms with van der Waals surface area (Å²) in [5, 5.41) is 9.64. The molecule has 2 heterocycles. The van der Waals surface area contributed by atoms with Crippen LogP contribution in [0, 0.1) is 11.8 Å². The minimum Gasteiger partial charge on any atom is -0.497 e. The van der Waals surface area contributed by atoms with E-state index in [9.17, 15) is 9.90 Å². The molecule has 2 atom stereocenters. The van der Waals surface area contributed by atoms with Crippen LogP contribution in [0.3, 0.4) is 0 Å². The Morgan fingerprint density at radius 1 is 1.17 bits per heavy atom. The Labute approximate surface area is 144 Å². The minimum absolute atomic E-state index is 0.0576. The highest BCUT2D eigenvalue weighted by Crippen LogP contribution is 2.25. The monoisotopic (exact) mass is 332 g/mol. The lowest BCUT2D eigenvalue weighted by Crippen LogP contribution is -2.47. The van der Waals surface area contributed by atoms with E-state index in [4.69, 9.17) is 4.74 Å². The van der Waals surface area contributed by atoms with E-state index >= 15 is 0 Å². The molecule has 0 radical (unpaired) electrons. The quantitative estimate of drug-likeness (QED) is 0.894. The molecule has 0 unspecified atom stereocenters. The third kappa shape index (κ3) is 4.08. The Bertz CT molecular complexity index is 540. The molecule has 2 saturated heterocycles. The summed E-state index contributed by atoms with van der Waals surface area (Å²) in [6.07, 6.45) is 3.58. The maximum absolute atomic E-state index is 12.8. The molecule has 5 nitrogen and oxygen atoms in total. The van der Waals surface area contributed by atoms with E-state index in [-0.39, 0.29) is 18.4 Å². The summed E-state index contributed by atoms with van der Waals surface area (Å²) in [6.45, 7) is 4.99. The first-order chi connectivity index (χ1) is 11.7. The van der Waals surface area contributed by atoms with Gasteiger partial charge in [0.25, 0.3) is 5.91 Å². The lowest BCUT2D eigenvalue weighted by molar-refractivity contribution is 0.0465. The molecular weight excluding hydrogens is 304 g/mol. The van der Waals surface area contributed by atoms with Gasteiger partial charge in [-0.2, -0.15) is 0 Å². The Hall–Kier alpha value is -1.59. The summed E-state index contributed by atoms with van der Waals surface area (Å²) in [7, 11) is 1.62. The van der Waals surface area contributed by atoms with Crippen molar-refractivity contribution < 1.29 is 14.6 Å². The number of aliphatic hydroxyl groups is 1. The second kappa shape index (κ2) is 7.99. The molecule has 0 bridgehead atoms. The SMILES string of the molecule is COc1ccc(C(=O)N2C[C@H](CO)C[C@H](CN3CCCC3)C2)cc1. The number of likely N-dealkylation sites (tertiary alicyclic amines) is 2. The topological polar surface area (TPSA) is 53.0 Å². The Kier molecular flexibility index (Phi) is 5.74. The molecule has 2 aliphatic rings. The zero-order chi connectivity index (χ0) is 16.9. The average molecular weight is 332 g/mol. The smallest absolute Gasteiger partial charge is 0.253 e. The van der Waals surface area contributed by atoms with E-state index in [2.05, 4.69) is 4.90 Å². The normalized spacial score (nSPS) is 25.0. The van der Waals surface area contributed by atoms with Crippen molar-refractivity contribution in [2.45, 2.75) is 19.3 Å². The molecule has 5 heteroatoms. The van der Waals surface area contributed by atoms with Crippen LogP contribution in [0.25, 0.3) is 0 Å². The van der Waals surface area contributed by atoms with Gasteiger partial charge in [-0.1, -0.05) is 0 Å². The molecule has 1 aromatic carbocycles. The van der Waals surface area contributed by atoms with Crippen LogP contribution in [0.5, 0.6) is 5.75 Å². The van der Waals surface area contributed by atoms with Crippen LogP contribution in [0.2, 0.25) is 0 Å². The van der Waals surface area contributed by atoms with E-state index in [1.807, 2.05) is 29.2 Å². The molecule has 24 heavy (non-hydrogen) atoms. The van der Waals surface area contributed by atoms with Crippen LogP contribution in [-0.2, 0) is 0 Å². The summed E-state index contributed by atoms with van der Waals surface area (Å²) >= 11 is 0. The number of methoxy groups -OCH3 is 1. The zero-order valence-corrected chi connectivity index (χ0v) is 14.5. The maximum Gasteiger partial charge on any atom is 0.253 e. The van der Waals surface area contributed by atoms with Gasteiger partial charge in [0.15, 0.2) is 0 Å². The highest BCUT2D eigenvalue weighted by molar-refractivity contribution is 5.94. The number of ether oxygens (including phenoxy) is 1. The Morgan fingerprint density at radius 3 is 2.46 bits per heavy atom. The van der Waals surface area contributed by atoms with Gasteiger partial charge in [0.05, 0.1) is 7.11 Å². The van der Waals surface area contributed by atoms with Gasteiger partial charge >= 0.3 is 0 Å². The number of carbonyl (C=O) groups is 1. The van der Waals surface area contributed by atoms with Crippen LogP contribution in [0.15, 0.2) is 24.3 Å². The molecular formula is C19H28N2O3. The van der Waals surface area contributed by atoms with Gasteiger partial charge in [-0.05, 0) is 68.5 Å². The third-order valence-corrected chi connectivity index (χ3v) is 5.22. The largest absolute Gasteiger partial charge is 0.497 e. The van der Waals surface area contributed by atoms with Crippen LogP contribution in [0.4, 0.5) is 0 Å². The molecule has 1 amide bonds. The van der Waals surface area contributed by atoms with Gasteiger partial charge < -0.3 is 19.6 Å². The number of benzene rings is 1. The standard InChI is InChI=1S/C19H28N2O3/c1-24-18-6-4-17(5-7-18)19(23)21-12-15(10-16(13-21)14-22)11-20-8-2-3-9-20/h4-7,15-16,22H,2-3,8-14H2,1H3/t15-,16-/m1/s1. The molecule has 132 valence electrons. The second-order valence-electron chi connectivity index (χ2n) is 7.10. The van der Waals surface area contributed by atoms with Gasteiger partial charge in [0.1, 0.15) is 5.75 Å². The van der Waals surface area contributed by atoms with Gasteiger partial charge in [0, 0.05) is 31.8 Å². The predicted octanol–water partition coefficient (Wildman–Crippen LogP) is 1.86. The fourth-order valence-electron chi connectivity index (χ4n) is 4.00. The van der Waals surface area contributed by atoms with E-state index in [0.717, 1.165) is 25.3 Å². The van der Waals surface area contributed by atoms with Gasteiger partial charge in [-0.3, -0.25) is 4.79 Å². The van der Waals surface area contributed by atoms with Gasteiger partial charge in [-0.25, -0.2) is 0 Å². The summed E-state index contributed by atoms with van der Waals surface area (Å²) in [4.78, 5) is 17.3. The van der Waals surface area contributed by atoms with E-state index < -0.39 is 0 Å². The number of amides is 1. The maximum atomic E-state index is 12.8.